The average Bonchev–Trinajstić information content (AvgIpc) is 2.92. The van der Waals surface area contributed by atoms with Crippen molar-refractivity contribution in [2.75, 3.05) is 35.9 Å². The number of nitrogens with one attached hydrogen (secondary N) is 2. The molecular weight excluding hydrogens is 524 g/mol. The zero-order valence-corrected chi connectivity index (χ0v) is 24.4. The maximum atomic E-state index is 13.2. The first-order valence-electron chi connectivity index (χ1n) is 13.9. The molecule has 0 radical (unpaired) electrons. The number of carbonyl (C=O) groups is 1. The molecule has 0 atom stereocenters. The molecular formula is C31H40N4O4S. The lowest BCUT2D eigenvalue weighted by atomic mass is 10.0. The molecule has 9 heteroatoms. The van der Waals surface area contributed by atoms with Gasteiger partial charge in [-0.3, -0.25) is 9.62 Å². The molecule has 0 spiro atoms. The molecule has 1 saturated heterocycles. The van der Waals surface area contributed by atoms with Crippen LogP contribution in [0.3, 0.4) is 0 Å². The summed E-state index contributed by atoms with van der Waals surface area (Å²) in [7, 11) is -3.31. The van der Waals surface area contributed by atoms with Crippen molar-refractivity contribution in [3.8, 4) is 11.5 Å². The van der Waals surface area contributed by atoms with Crippen LogP contribution in [-0.2, 0) is 16.6 Å². The summed E-state index contributed by atoms with van der Waals surface area (Å²) in [5.41, 5.74) is 3.71. The molecule has 0 saturated carbocycles. The first-order chi connectivity index (χ1) is 19.2. The van der Waals surface area contributed by atoms with Crippen molar-refractivity contribution in [2.45, 2.75) is 52.1 Å². The van der Waals surface area contributed by atoms with Gasteiger partial charge in [0.15, 0.2) is 0 Å². The number of ether oxygens (including phenoxy) is 1. The fraction of sp³-hybridized carbons (Fsp3) is 0.387. The number of amides is 2. The molecule has 4 rings (SSSR count). The molecule has 0 bridgehead atoms. The van der Waals surface area contributed by atoms with Gasteiger partial charge in [0.05, 0.1) is 6.26 Å². The fourth-order valence-corrected chi connectivity index (χ4v) is 5.43. The van der Waals surface area contributed by atoms with Crippen molar-refractivity contribution < 1.29 is 17.9 Å². The minimum atomic E-state index is -3.31. The maximum absolute atomic E-state index is 13.2. The Kier molecular flexibility index (Phi) is 10.1. The standard InChI is InChI=1S/C31H40N4O4S/c1-4-5-20-35(31(36)32-26-10-6-24(2)7-11-26)28-18-21-34(22-19-28)23-25-8-14-29(15-9-25)39-30-16-12-27(13-17-30)33-40(3,37)38/h6-17,28,33H,4-5,18-23H2,1-3H3,(H,32,36). The molecule has 40 heavy (non-hydrogen) atoms. The highest BCUT2D eigenvalue weighted by molar-refractivity contribution is 7.92. The molecule has 3 aromatic carbocycles. The van der Waals surface area contributed by atoms with E-state index < -0.39 is 10.0 Å². The van der Waals surface area contributed by atoms with Gasteiger partial charge in [-0.1, -0.05) is 43.2 Å². The van der Waals surface area contributed by atoms with Crippen molar-refractivity contribution in [2.24, 2.45) is 0 Å². The summed E-state index contributed by atoms with van der Waals surface area (Å²) in [5.74, 6) is 1.35. The lowest BCUT2D eigenvalue weighted by Gasteiger charge is -2.38. The van der Waals surface area contributed by atoms with Gasteiger partial charge in [0.25, 0.3) is 0 Å². The second-order valence-electron chi connectivity index (χ2n) is 10.5. The molecule has 8 nitrogen and oxygen atoms in total. The Labute approximate surface area is 238 Å². The van der Waals surface area contributed by atoms with Crippen LogP contribution in [0.2, 0.25) is 0 Å². The SMILES string of the molecule is CCCCN(C(=O)Nc1ccc(C)cc1)C1CCN(Cc2ccc(Oc3ccc(NS(C)(=O)=O)cc3)cc2)CC1. The summed E-state index contributed by atoms with van der Waals surface area (Å²) >= 11 is 0. The molecule has 2 amide bonds. The number of unbranched alkanes of at least 4 members (excludes halogenated alkanes) is 1. The first kappa shape index (κ1) is 29.4. The van der Waals surface area contributed by atoms with E-state index in [1.807, 2.05) is 48.2 Å². The Morgan fingerprint density at radius 2 is 1.50 bits per heavy atom. The van der Waals surface area contributed by atoms with Crippen LogP contribution in [0.5, 0.6) is 11.5 Å². The zero-order valence-electron chi connectivity index (χ0n) is 23.6. The summed E-state index contributed by atoms with van der Waals surface area (Å²) < 4.78 is 31.1. The van der Waals surface area contributed by atoms with Crippen molar-refractivity contribution >= 4 is 27.4 Å². The quantitative estimate of drug-likeness (QED) is 0.279. The van der Waals surface area contributed by atoms with Gasteiger partial charge in [0.1, 0.15) is 11.5 Å². The van der Waals surface area contributed by atoms with E-state index in [9.17, 15) is 13.2 Å². The van der Waals surface area contributed by atoms with Gasteiger partial charge < -0.3 is 15.0 Å². The molecule has 2 N–H and O–H groups in total. The van der Waals surface area contributed by atoms with E-state index in [2.05, 4.69) is 34.0 Å². The highest BCUT2D eigenvalue weighted by Gasteiger charge is 2.27. The second kappa shape index (κ2) is 13.7. The Balaban J connectivity index is 1.27. The minimum Gasteiger partial charge on any atom is -0.457 e. The van der Waals surface area contributed by atoms with E-state index in [1.54, 1.807) is 24.3 Å². The molecule has 0 aliphatic carbocycles. The number of likely N-dealkylation sites (tertiary alicyclic amines) is 1. The molecule has 214 valence electrons. The number of urea groups is 1. The number of rotatable bonds is 11. The number of aryl methyl sites for hydroxylation is 1. The van der Waals surface area contributed by atoms with Crippen LogP contribution in [0.15, 0.2) is 72.8 Å². The van der Waals surface area contributed by atoms with Crippen molar-refractivity contribution in [3.05, 3.63) is 83.9 Å². The predicted octanol–water partition coefficient (Wildman–Crippen LogP) is 6.46. The second-order valence-corrected chi connectivity index (χ2v) is 12.2. The number of benzene rings is 3. The summed E-state index contributed by atoms with van der Waals surface area (Å²) in [6.07, 6.45) is 5.08. The molecule has 1 aliphatic rings. The van der Waals surface area contributed by atoms with Gasteiger partial charge in [-0.05, 0) is 80.3 Å². The molecule has 1 heterocycles. The summed E-state index contributed by atoms with van der Waals surface area (Å²) in [6.45, 7) is 7.71. The molecule has 0 aromatic heterocycles. The number of sulfonamides is 1. The maximum Gasteiger partial charge on any atom is 0.322 e. The van der Waals surface area contributed by atoms with Gasteiger partial charge >= 0.3 is 6.03 Å². The van der Waals surface area contributed by atoms with E-state index in [1.165, 1.54) is 11.1 Å². The zero-order chi connectivity index (χ0) is 28.5. The topological polar surface area (TPSA) is 91.0 Å². The van der Waals surface area contributed by atoms with Gasteiger partial charge in [-0.25, -0.2) is 13.2 Å². The van der Waals surface area contributed by atoms with Crippen LogP contribution in [0.4, 0.5) is 16.2 Å². The summed E-state index contributed by atoms with van der Waals surface area (Å²) in [5, 5.41) is 3.09. The van der Waals surface area contributed by atoms with E-state index >= 15 is 0 Å². The molecule has 1 fully saturated rings. The highest BCUT2D eigenvalue weighted by Crippen LogP contribution is 2.25. The third-order valence-corrected chi connectivity index (χ3v) is 7.64. The van der Waals surface area contributed by atoms with Crippen LogP contribution in [0, 0.1) is 6.92 Å². The van der Waals surface area contributed by atoms with E-state index in [4.69, 9.17) is 4.74 Å². The lowest BCUT2D eigenvalue weighted by Crippen LogP contribution is -2.49. The van der Waals surface area contributed by atoms with Gasteiger partial charge in [-0.15, -0.1) is 0 Å². The average molecular weight is 565 g/mol. The van der Waals surface area contributed by atoms with Gasteiger partial charge in [-0.2, -0.15) is 0 Å². The van der Waals surface area contributed by atoms with Crippen LogP contribution in [0.1, 0.15) is 43.7 Å². The fourth-order valence-electron chi connectivity index (χ4n) is 4.86. The van der Waals surface area contributed by atoms with E-state index in [0.717, 1.165) is 69.6 Å². The Hall–Kier alpha value is -3.56. The minimum absolute atomic E-state index is 0.00681. The van der Waals surface area contributed by atoms with E-state index in [0.29, 0.717) is 11.4 Å². The number of piperidine rings is 1. The van der Waals surface area contributed by atoms with Crippen molar-refractivity contribution in [1.82, 2.24) is 9.80 Å². The number of hydrogen-bond donors (Lipinski definition) is 2. The molecule has 1 aliphatic heterocycles. The van der Waals surface area contributed by atoms with Gasteiger partial charge in [0, 0.05) is 43.6 Å². The first-order valence-corrected chi connectivity index (χ1v) is 15.8. The molecule has 0 unspecified atom stereocenters. The van der Waals surface area contributed by atoms with Crippen LogP contribution in [0.25, 0.3) is 0 Å². The lowest BCUT2D eigenvalue weighted by molar-refractivity contribution is 0.122. The number of hydrogen-bond acceptors (Lipinski definition) is 5. The number of carbonyl (C=O) groups excluding carboxylic acids is 1. The monoisotopic (exact) mass is 564 g/mol. The summed E-state index contributed by atoms with van der Waals surface area (Å²) in [6, 6.07) is 23.0. The normalized spacial score (nSPS) is 14.5. The van der Waals surface area contributed by atoms with Crippen LogP contribution < -0.4 is 14.8 Å². The smallest absolute Gasteiger partial charge is 0.322 e. The number of nitrogens with zero attached hydrogens (tertiary/aromatic N) is 2. The van der Waals surface area contributed by atoms with Gasteiger partial charge in [0.2, 0.25) is 10.0 Å². The predicted molar refractivity (Wildman–Crippen MR) is 162 cm³/mol. The van der Waals surface area contributed by atoms with Crippen LogP contribution >= 0.6 is 0 Å². The largest absolute Gasteiger partial charge is 0.457 e. The third-order valence-electron chi connectivity index (χ3n) is 7.04. The summed E-state index contributed by atoms with van der Waals surface area (Å²) in [4.78, 5) is 17.7. The third kappa shape index (κ3) is 8.99. The Bertz CT molecular complexity index is 1340. The number of anilines is 2. The van der Waals surface area contributed by atoms with E-state index in [-0.39, 0.29) is 12.1 Å². The van der Waals surface area contributed by atoms with Crippen molar-refractivity contribution in [3.63, 3.8) is 0 Å². The van der Waals surface area contributed by atoms with Crippen molar-refractivity contribution in [1.29, 1.82) is 0 Å². The molecule has 3 aromatic rings. The Morgan fingerprint density at radius 3 is 2.08 bits per heavy atom. The van der Waals surface area contributed by atoms with Crippen LogP contribution in [-0.4, -0.2) is 56.2 Å². The Morgan fingerprint density at radius 1 is 0.925 bits per heavy atom. The highest BCUT2D eigenvalue weighted by atomic mass is 32.2.